The highest BCUT2D eigenvalue weighted by molar-refractivity contribution is 5.78. The Morgan fingerprint density at radius 2 is 1.81 bits per heavy atom. The Hall–Kier alpha value is -2.80. The van der Waals surface area contributed by atoms with E-state index >= 15 is 0 Å². The molecule has 0 atom stereocenters. The van der Waals surface area contributed by atoms with Crippen molar-refractivity contribution in [1.82, 2.24) is 10.2 Å². The number of benzene rings is 2. The first kappa shape index (κ1) is 20.5. The van der Waals surface area contributed by atoms with Gasteiger partial charge < -0.3 is 19.5 Å². The van der Waals surface area contributed by atoms with Crippen molar-refractivity contribution in [3.63, 3.8) is 0 Å². The van der Waals surface area contributed by atoms with Crippen LogP contribution in [-0.4, -0.2) is 51.8 Å². The van der Waals surface area contributed by atoms with Crippen molar-refractivity contribution in [2.24, 2.45) is 0 Å². The maximum absolute atomic E-state index is 13.5. The number of para-hydroxylation sites is 1. The van der Waals surface area contributed by atoms with E-state index in [1.165, 1.54) is 6.07 Å². The molecule has 146 valence electrons. The molecule has 0 unspecified atom stereocenters. The third-order valence-electron chi connectivity index (χ3n) is 3.92. The van der Waals surface area contributed by atoms with Gasteiger partial charge in [-0.3, -0.25) is 9.69 Å². The lowest BCUT2D eigenvalue weighted by atomic mass is 10.2. The number of carbonyl (C=O) groups excluding carboxylic acids is 1. The number of hydrogen-bond donors (Lipinski definition) is 1. The van der Waals surface area contributed by atoms with Gasteiger partial charge in [0.15, 0.2) is 23.1 Å². The van der Waals surface area contributed by atoms with Crippen LogP contribution in [0.4, 0.5) is 4.39 Å². The number of ether oxygens (including phenoxy) is 3. The van der Waals surface area contributed by atoms with E-state index in [-0.39, 0.29) is 18.2 Å². The van der Waals surface area contributed by atoms with E-state index in [9.17, 15) is 9.18 Å². The highest BCUT2D eigenvalue weighted by atomic mass is 19.1. The van der Waals surface area contributed by atoms with E-state index < -0.39 is 5.82 Å². The lowest BCUT2D eigenvalue weighted by Gasteiger charge is -2.17. The second-order valence-corrected chi connectivity index (χ2v) is 5.98. The Morgan fingerprint density at radius 3 is 2.52 bits per heavy atom. The zero-order valence-corrected chi connectivity index (χ0v) is 15.8. The molecule has 2 aromatic rings. The van der Waals surface area contributed by atoms with E-state index in [1.807, 2.05) is 17.0 Å². The van der Waals surface area contributed by atoms with Crippen molar-refractivity contribution < 1.29 is 23.4 Å². The van der Waals surface area contributed by atoms with Crippen molar-refractivity contribution in [2.75, 3.05) is 41.0 Å². The number of halogens is 1. The van der Waals surface area contributed by atoms with Crippen LogP contribution in [0.1, 0.15) is 5.56 Å². The molecular formula is C20H25FN2O4. The second-order valence-electron chi connectivity index (χ2n) is 5.98. The maximum Gasteiger partial charge on any atom is 0.234 e. The summed E-state index contributed by atoms with van der Waals surface area (Å²) in [5.74, 6) is 0.962. The fourth-order valence-corrected chi connectivity index (χ4v) is 2.44. The van der Waals surface area contributed by atoms with Gasteiger partial charge in [-0.25, -0.2) is 4.39 Å². The molecule has 0 spiro atoms. The normalized spacial score (nSPS) is 10.6. The minimum absolute atomic E-state index is 0.113. The first-order valence-corrected chi connectivity index (χ1v) is 8.57. The summed E-state index contributed by atoms with van der Waals surface area (Å²) in [7, 11) is 4.95. The molecule has 0 fully saturated rings. The fraction of sp³-hybridized carbons (Fsp3) is 0.350. The third-order valence-corrected chi connectivity index (χ3v) is 3.92. The van der Waals surface area contributed by atoms with Crippen LogP contribution in [0.25, 0.3) is 0 Å². The molecule has 6 nitrogen and oxygen atoms in total. The van der Waals surface area contributed by atoms with Crippen LogP contribution in [0.15, 0.2) is 42.5 Å². The molecule has 0 bridgehead atoms. The Kier molecular flexibility index (Phi) is 7.88. The van der Waals surface area contributed by atoms with Gasteiger partial charge in [-0.1, -0.05) is 18.2 Å². The molecule has 0 aliphatic heterocycles. The number of hydrogen-bond acceptors (Lipinski definition) is 5. The van der Waals surface area contributed by atoms with Crippen molar-refractivity contribution in [3.05, 3.63) is 53.8 Å². The average molecular weight is 376 g/mol. The number of methoxy groups -OCH3 is 2. The Balaban J connectivity index is 1.72. The van der Waals surface area contributed by atoms with Gasteiger partial charge in [-0.2, -0.15) is 0 Å². The molecular weight excluding hydrogens is 351 g/mol. The van der Waals surface area contributed by atoms with Crippen molar-refractivity contribution in [1.29, 1.82) is 0 Å². The predicted molar refractivity (Wildman–Crippen MR) is 101 cm³/mol. The number of carbonyl (C=O) groups is 1. The highest BCUT2D eigenvalue weighted by Gasteiger charge is 2.09. The van der Waals surface area contributed by atoms with Crippen molar-refractivity contribution >= 4 is 5.91 Å². The summed E-state index contributed by atoms with van der Waals surface area (Å²) in [6, 6.07) is 11.7. The Bertz CT molecular complexity index is 755. The highest BCUT2D eigenvalue weighted by Crippen LogP contribution is 2.27. The predicted octanol–water partition coefficient (Wildman–Crippen LogP) is 2.47. The zero-order valence-electron chi connectivity index (χ0n) is 15.8. The van der Waals surface area contributed by atoms with Crippen LogP contribution in [0.3, 0.4) is 0 Å². The second kappa shape index (κ2) is 10.4. The standard InChI is InChI=1S/C20H25FN2O4/c1-23(10-11-27-17-7-5-4-6-16(17)21)14-20(24)22-13-15-8-9-18(25-2)19(12-15)26-3/h4-9,12H,10-11,13-14H2,1-3H3,(H,22,24). The lowest BCUT2D eigenvalue weighted by molar-refractivity contribution is -0.122. The molecule has 7 heteroatoms. The summed E-state index contributed by atoms with van der Waals surface area (Å²) in [4.78, 5) is 13.9. The van der Waals surface area contributed by atoms with E-state index in [0.717, 1.165) is 5.56 Å². The fourth-order valence-electron chi connectivity index (χ4n) is 2.44. The van der Waals surface area contributed by atoms with E-state index in [0.29, 0.717) is 31.2 Å². The topological polar surface area (TPSA) is 60.0 Å². The molecule has 0 saturated carbocycles. The minimum atomic E-state index is -0.396. The largest absolute Gasteiger partial charge is 0.493 e. The van der Waals surface area contributed by atoms with Crippen LogP contribution in [0.2, 0.25) is 0 Å². The van der Waals surface area contributed by atoms with Gasteiger partial charge in [-0.05, 0) is 36.9 Å². The van der Waals surface area contributed by atoms with Gasteiger partial charge in [0.25, 0.3) is 0 Å². The van der Waals surface area contributed by atoms with Gasteiger partial charge in [0, 0.05) is 13.1 Å². The summed E-state index contributed by atoms with van der Waals surface area (Å²) in [5, 5.41) is 2.86. The molecule has 0 saturated heterocycles. The maximum atomic E-state index is 13.5. The van der Waals surface area contributed by atoms with Gasteiger partial charge in [0.05, 0.1) is 20.8 Å². The van der Waals surface area contributed by atoms with Gasteiger partial charge in [-0.15, -0.1) is 0 Å². The summed E-state index contributed by atoms with van der Waals surface area (Å²) >= 11 is 0. The first-order chi connectivity index (χ1) is 13.0. The van der Waals surface area contributed by atoms with Gasteiger partial charge in [0.2, 0.25) is 5.91 Å². The molecule has 0 aliphatic rings. The average Bonchev–Trinajstić information content (AvgIpc) is 2.67. The summed E-state index contributed by atoms with van der Waals surface area (Å²) in [6.07, 6.45) is 0. The smallest absolute Gasteiger partial charge is 0.234 e. The molecule has 2 rings (SSSR count). The zero-order chi connectivity index (χ0) is 19.6. The molecule has 0 radical (unpaired) electrons. The molecule has 1 N–H and O–H groups in total. The summed E-state index contributed by atoms with van der Waals surface area (Å²) < 4.78 is 29.3. The van der Waals surface area contributed by atoms with Gasteiger partial charge >= 0.3 is 0 Å². The molecule has 0 aliphatic carbocycles. The summed E-state index contributed by atoms with van der Waals surface area (Å²) in [6.45, 7) is 1.39. The number of nitrogens with one attached hydrogen (secondary N) is 1. The van der Waals surface area contributed by atoms with Crippen LogP contribution >= 0.6 is 0 Å². The molecule has 1 amide bonds. The molecule has 0 aromatic heterocycles. The van der Waals surface area contributed by atoms with Crippen LogP contribution < -0.4 is 19.5 Å². The minimum Gasteiger partial charge on any atom is -0.493 e. The molecule has 0 heterocycles. The van der Waals surface area contributed by atoms with Crippen LogP contribution in [0, 0.1) is 5.82 Å². The Labute approximate surface area is 158 Å². The van der Waals surface area contributed by atoms with Crippen LogP contribution in [0.5, 0.6) is 17.2 Å². The number of likely N-dealkylation sites (N-methyl/N-ethyl adjacent to an activating group) is 1. The quantitative estimate of drug-likeness (QED) is 0.690. The molecule has 2 aromatic carbocycles. The van der Waals surface area contributed by atoms with E-state index in [4.69, 9.17) is 14.2 Å². The first-order valence-electron chi connectivity index (χ1n) is 8.57. The van der Waals surface area contributed by atoms with Gasteiger partial charge in [0.1, 0.15) is 6.61 Å². The summed E-state index contributed by atoms with van der Waals surface area (Å²) in [5.41, 5.74) is 0.909. The monoisotopic (exact) mass is 376 g/mol. The molecule has 27 heavy (non-hydrogen) atoms. The van der Waals surface area contributed by atoms with Crippen molar-refractivity contribution in [2.45, 2.75) is 6.54 Å². The number of nitrogens with zero attached hydrogens (tertiary/aromatic N) is 1. The van der Waals surface area contributed by atoms with Crippen molar-refractivity contribution in [3.8, 4) is 17.2 Å². The third kappa shape index (κ3) is 6.45. The van der Waals surface area contributed by atoms with E-state index in [2.05, 4.69) is 5.32 Å². The number of amides is 1. The van der Waals surface area contributed by atoms with Crippen LogP contribution in [-0.2, 0) is 11.3 Å². The Morgan fingerprint density at radius 1 is 1.07 bits per heavy atom. The lowest BCUT2D eigenvalue weighted by Crippen LogP contribution is -2.36. The number of rotatable bonds is 10. The SMILES string of the molecule is COc1ccc(CNC(=O)CN(C)CCOc2ccccc2F)cc1OC. The van der Waals surface area contributed by atoms with E-state index in [1.54, 1.807) is 45.5 Å².